The quantitative estimate of drug-likeness (QED) is 0.694. The number of carbonyl (C=O) groups is 1. The predicted molar refractivity (Wildman–Crippen MR) is 115 cm³/mol. The second kappa shape index (κ2) is 8.84. The highest BCUT2D eigenvalue weighted by Crippen LogP contribution is 2.25. The van der Waals surface area contributed by atoms with Crippen molar-refractivity contribution in [2.75, 3.05) is 31.7 Å². The van der Waals surface area contributed by atoms with Gasteiger partial charge in [-0.1, -0.05) is 30.3 Å². The Morgan fingerprint density at radius 2 is 1.53 bits per heavy atom. The van der Waals surface area contributed by atoms with Crippen molar-refractivity contribution in [2.24, 2.45) is 0 Å². The monoisotopic (exact) mass is 451 g/mol. The van der Waals surface area contributed by atoms with Crippen molar-refractivity contribution in [1.82, 2.24) is 8.61 Å². The molecule has 2 aromatic carbocycles. The summed E-state index contributed by atoms with van der Waals surface area (Å²) in [5.74, 6) is -0.538. The van der Waals surface area contributed by atoms with Gasteiger partial charge < -0.3 is 5.32 Å². The largest absolute Gasteiger partial charge is 0.324 e. The van der Waals surface area contributed by atoms with Crippen molar-refractivity contribution in [1.29, 1.82) is 0 Å². The van der Waals surface area contributed by atoms with E-state index in [9.17, 15) is 21.6 Å². The number of benzene rings is 2. The SMILES string of the molecule is CN(C(C(=O)Nc1ccc(S(=O)(=O)N2CCCC2)cc1)c1ccccc1)S(C)(=O)=O. The molecule has 0 bridgehead atoms. The first-order chi connectivity index (χ1) is 14.1. The summed E-state index contributed by atoms with van der Waals surface area (Å²) in [6.07, 6.45) is 2.73. The molecule has 10 heteroatoms. The molecular formula is C20H25N3O5S2. The van der Waals surface area contributed by atoms with E-state index in [-0.39, 0.29) is 4.90 Å². The van der Waals surface area contributed by atoms with Crippen molar-refractivity contribution in [2.45, 2.75) is 23.8 Å². The van der Waals surface area contributed by atoms with Crippen LogP contribution >= 0.6 is 0 Å². The molecule has 1 saturated heterocycles. The molecule has 162 valence electrons. The van der Waals surface area contributed by atoms with Crippen molar-refractivity contribution in [3.8, 4) is 0 Å². The molecule has 0 saturated carbocycles. The average molecular weight is 452 g/mol. The second-order valence-electron chi connectivity index (χ2n) is 7.22. The summed E-state index contributed by atoms with van der Waals surface area (Å²) in [5, 5.41) is 2.69. The van der Waals surface area contributed by atoms with Gasteiger partial charge in [-0.2, -0.15) is 8.61 Å². The normalized spacial score (nSPS) is 16.5. The van der Waals surface area contributed by atoms with Crippen LogP contribution in [0.3, 0.4) is 0 Å². The van der Waals surface area contributed by atoms with Crippen LogP contribution in [0.15, 0.2) is 59.5 Å². The molecule has 1 unspecified atom stereocenters. The highest BCUT2D eigenvalue weighted by atomic mass is 32.2. The summed E-state index contributed by atoms with van der Waals surface area (Å²) >= 11 is 0. The number of nitrogens with one attached hydrogen (secondary N) is 1. The molecule has 0 radical (unpaired) electrons. The lowest BCUT2D eigenvalue weighted by atomic mass is 10.1. The molecule has 1 N–H and O–H groups in total. The van der Waals surface area contributed by atoms with Crippen LogP contribution in [-0.2, 0) is 24.8 Å². The first-order valence-electron chi connectivity index (χ1n) is 9.50. The van der Waals surface area contributed by atoms with Crippen molar-refractivity contribution < 1.29 is 21.6 Å². The van der Waals surface area contributed by atoms with Crippen LogP contribution in [-0.4, -0.2) is 57.7 Å². The summed E-state index contributed by atoms with van der Waals surface area (Å²) in [4.78, 5) is 13.1. The summed E-state index contributed by atoms with van der Waals surface area (Å²) in [6.45, 7) is 1.02. The van der Waals surface area contributed by atoms with Crippen molar-refractivity contribution in [3.05, 3.63) is 60.2 Å². The van der Waals surface area contributed by atoms with Crippen LogP contribution in [0.4, 0.5) is 5.69 Å². The maximum absolute atomic E-state index is 12.9. The Morgan fingerprint density at radius 1 is 0.967 bits per heavy atom. The van der Waals surface area contributed by atoms with Gasteiger partial charge in [-0.15, -0.1) is 0 Å². The van der Waals surface area contributed by atoms with E-state index in [1.54, 1.807) is 30.3 Å². The van der Waals surface area contributed by atoms with Crippen molar-refractivity contribution in [3.63, 3.8) is 0 Å². The molecular weight excluding hydrogens is 426 g/mol. The Balaban J connectivity index is 1.82. The van der Waals surface area contributed by atoms with Crippen LogP contribution in [0.1, 0.15) is 24.4 Å². The predicted octanol–water partition coefficient (Wildman–Crippen LogP) is 2.04. The smallest absolute Gasteiger partial charge is 0.247 e. The van der Waals surface area contributed by atoms with Crippen LogP contribution < -0.4 is 5.32 Å². The molecule has 1 aliphatic heterocycles. The fourth-order valence-corrected chi connectivity index (χ4v) is 5.47. The number of amides is 1. The van der Waals surface area contributed by atoms with Gasteiger partial charge >= 0.3 is 0 Å². The van der Waals surface area contributed by atoms with Gasteiger partial charge in [0.1, 0.15) is 6.04 Å². The molecule has 0 spiro atoms. The molecule has 1 fully saturated rings. The number of hydrogen-bond acceptors (Lipinski definition) is 5. The molecule has 1 amide bonds. The van der Waals surface area contributed by atoms with Crippen molar-refractivity contribution >= 4 is 31.6 Å². The molecule has 1 aliphatic rings. The molecule has 3 rings (SSSR count). The average Bonchev–Trinajstić information content (AvgIpc) is 3.24. The number of hydrogen-bond donors (Lipinski definition) is 1. The number of nitrogens with zero attached hydrogens (tertiary/aromatic N) is 2. The Kier molecular flexibility index (Phi) is 6.61. The van der Waals surface area contributed by atoms with E-state index in [1.165, 1.54) is 35.6 Å². The molecule has 0 aliphatic carbocycles. The first-order valence-corrected chi connectivity index (χ1v) is 12.8. The van der Waals surface area contributed by atoms with E-state index in [0.29, 0.717) is 24.3 Å². The number of carbonyl (C=O) groups excluding carboxylic acids is 1. The zero-order chi connectivity index (χ0) is 21.9. The Labute approximate surface area is 177 Å². The second-order valence-corrected chi connectivity index (χ2v) is 11.2. The minimum atomic E-state index is -3.64. The standard InChI is InChI=1S/C20H25N3O5S2/c1-22(29(2,25)26)19(16-8-4-3-5-9-16)20(24)21-17-10-12-18(13-11-17)30(27,28)23-14-6-7-15-23/h3-5,8-13,19H,6-7,14-15H2,1-2H3,(H,21,24). The van der Waals surface area contributed by atoms with Crippen LogP contribution in [0.2, 0.25) is 0 Å². The van der Waals surface area contributed by atoms with Crippen LogP contribution in [0.5, 0.6) is 0 Å². The number of anilines is 1. The lowest BCUT2D eigenvalue weighted by Crippen LogP contribution is -2.38. The maximum atomic E-state index is 12.9. The van der Waals surface area contributed by atoms with Crippen LogP contribution in [0, 0.1) is 0 Å². The number of likely N-dealkylation sites (N-methyl/N-ethyl adjacent to an activating group) is 1. The molecule has 0 aromatic heterocycles. The molecule has 1 atom stereocenters. The van der Waals surface area contributed by atoms with E-state index in [0.717, 1.165) is 23.4 Å². The third-order valence-electron chi connectivity index (χ3n) is 5.08. The van der Waals surface area contributed by atoms with Gasteiger partial charge in [0.25, 0.3) is 0 Å². The topological polar surface area (TPSA) is 104 Å². The van der Waals surface area contributed by atoms with Gasteiger partial charge in [0.15, 0.2) is 0 Å². The maximum Gasteiger partial charge on any atom is 0.247 e. The molecule has 2 aromatic rings. The lowest BCUT2D eigenvalue weighted by Gasteiger charge is -2.25. The lowest BCUT2D eigenvalue weighted by molar-refractivity contribution is -0.119. The highest BCUT2D eigenvalue weighted by Gasteiger charge is 2.31. The first kappa shape index (κ1) is 22.4. The molecule has 1 heterocycles. The van der Waals surface area contributed by atoms with E-state index in [1.807, 2.05) is 0 Å². The molecule has 8 nitrogen and oxygen atoms in total. The zero-order valence-electron chi connectivity index (χ0n) is 16.9. The number of rotatable bonds is 7. The summed E-state index contributed by atoms with van der Waals surface area (Å²) in [7, 11) is -5.83. The van der Waals surface area contributed by atoms with Gasteiger partial charge in [0, 0.05) is 25.8 Å². The van der Waals surface area contributed by atoms with Gasteiger partial charge in [0.05, 0.1) is 11.2 Å². The minimum Gasteiger partial charge on any atom is -0.324 e. The fourth-order valence-electron chi connectivity index (χ4n) is 3.35. The highest BCUT2D eigenvalue weighted by molar-refractivity contribution is 7.89. The Morgan fingerprint density at radius 3 is 2.07 bits per heavy atom. The van der Waals surface area contributed by atoms with E-state index < -0.39 is 32.0 Å². The minimum absolute atomic E-state index is 0.162. The van der Waals surface area contributed by atoms with E-state index in [4.69, 9.17) is 0 Å². The summed E-state index contributed by atoms with van der Waals surface area (Å²) < 4.78 is 51.8. The van der Waals surface area contributed by atoms with Gasteiger partial charge in [-0.3, -0.25) is 4.79 Å². The molecule has 30 heavy (non-hydrogen) atoms. The zero-order valence-corrected chi connectivity index (χ0v) is 18.5. The van der Waals surface area contributed by atoms with Gasteiger partial charge in [-0.25, -0.2) is 16.8 Å². The summed E-state index contributed by atoms with van der Waals surface area (Å²) in [6, 6.07) is 13.4. The number of sulfonamides is 2. The van der Waals surface area contributed by atoms with E-state index >= 15 is 0 Å². The fraction of sp³-hybridized carbons (Fsp3) is 0.350. The Hall–Kier alpha value is -2.27. The van der Waals surface area contributed by atoms with Gasteiger partial charge in [0.2, 0.25) is 26.0 Å². The summed E-state index contributed by atoms with van der Waals surface area (Å²) in [5.41, 5.74) is 0.902. The third-order valence-corrected chi connectivity index (χ3v) is 8.24. The van der Waals surface area contributed by atoms with E-state index in [2.05, 4.69) is 5.32 Å². The van der Waals surface area contributed by atoms with Crippen LogP contribution in [0.25, 0.3) is 0 Å². The third kappa shape index (κ3) is 4.89. The Bertz CT molecular complexity index is 1090. The van der Waals surface area contributed by atoms with Gasteiger partial charge in [-0.05, 0) is 42.7 Å².